The van der Waals surface area contributed by atoms with Gasteiger partial charge in [-0.05, 0) is 33.9 Å². The van der Waals surface area contributed by atoms with Gasteiger partial charge in [-0.25, -0.2) is 0 Å². The fourth-order valence-corrected chi connectivity index (χ4v) is 1.65. The van der Waals surface area contributed by atoms with E-state index in [1.807, 2.05) is 27.9 Å². The van der Waals surface area contributed by atoms with Crippen LogP contribution in [-0.2, 0) is 9.53 Å². The Morgan fingerprint density at radius 1 is 1.26 bits per heavy atom. The Morgan fingerprint density at radius 3 is 2.53 bits per heavy atom. The topological polar surface area (TPSA) is 67.6 Å². The summed E-state index contributed by atoms with van der Waals surface area (Å²) in [6.07, 6.45) is 2.88. The van der Waals surface area contributed by atoms with Gasteiger partial charge in [-0.2, -0.15) is 0 Å². The van der Waals surface area contributed by atoms with E-state index >= 15 is 0 Å². The molecule has 0 bridgehead atoms. The van der Waals surface area contributed by atoms with Crippen molar-refractivity contribution in [2.75, 3.05) is 40.4 Å². The summed E-state index contributed by atoms with van der Waals surface area (Å²) >= 11 is 0. The Hall–Kier alpha value is -0.650. The molecule has 0 spiro atoms. The lowest BCUT2D eigenvalue weighted by atomic mass is 10.0. The Morgan fingerprint density at radius 2 is 1.95 bits per heavy atom. The highest BCUT2D eigenvalue weighted by molar-refractivity contribution is 5.78. The summed E-state index contributed by atoms with van der Waals surface area (Å²) in [5, 5.41) is 2.90. The van der Waals surface area contributed by atoms with Crippen molar-refractivity contribution in [1.82, 2.24) is 10.2 Å². The molecule has 0 aromatic rings. The predicted octanol–water partition coefficient (Wildman–Crippen LogP) is 0.834. The molecule has 114 valence electrons. The number of amides is 1. The summed E-state index contributed by atoms with van der Waals surface area (Å²) in [5.41, 5.74) is 5.68. The Bertz CT molecular complexity index is 233. The molecule has 2 unspecified atom stereocenters. The third kappa shape index (κ3) is 12.1. The van der Waals surface area contributed by atoms with Crippen LogP contribution in [0, 0.1) is 5.92 Å². The molecule has 19 heavy (non-hydrogen) atoms. The molecule has 0 radical (unpaired) electrons. The number of hydrogen-bond acceptors (Lipinski definition) is 4. The minimum atomic E-state index is 0.0560. The van der Waals surface area contributed by atoms with Crippen molar-refractivity contribution < 1.29 is 9.53 Å². The lowest BCUT2D eigenvalue weighted by molar-refractivity contribution is -0.124. The van der Waals surface area contributed by atoms with Crippen molar-refractivity contribution in [3.8, 4) is 0 Å². The van der Waals surface area contributed by atoms with Crippen molar-refractivity contribution in [2.24, 2.45) is 11.7 Å². The number of likely N-dealkylation sites (N-methyl/N-ethyl adjacent to an activating group) is 1. The third-order valence-corrected chi connectivity index (χ3v) is 2.97. The number of ether oxygens (including phenoxy) is 1. The first-order chi connectivity index (χ1) is 8.93. The number of carbonyl (C=O) groups excluding carboxylic acids is 1. The van der Waals surface area contributed by atoms with Crippen LogP contribution in [0.4, 0.5) is 0 Å². The molecule has 1 amide bonds. The van der Waals surface area contributed by atoms with E-state index in [0.717, 1.165) is 25.8 Å². The molecule has 0 fully saturated rings. The molecule has 0 aliphatic carbocycles. The summed E-state index contributed by atoms with van der Waals surface area (Å²) in [7, 11) is 4.02. The van der Waals surface area contributed by atoms with E-state index in [-0.39, 0.29) is 17.9 Å². The zero-order valence-corrected chi connectivity index (χ0v) is 12.9. The minimum absolute atomic E-state index is 0.0560. The van der Waals surface area contributed by atoms with Gasteiger partial charge in [-0.3, -0.25) is 4.79 Å². The number of hydrogen-bond donors (Lipinski definition) is 2. The smallest absolute Gasteiger partial charge is 0.222 e. The van der Waals surface area contributed by atoms with E-state index < -0.39 is 0 Å². The molecule has 0 aliphatic heterocycles. The monoisotopic (exact) mass is 273 g/mol. The molecule has 3 N–H and O–H groups in total. The molecule has 0 aromatic heterocycles. The van der Waals surface area contributed by atoms with Crippen LogP contribution in [0.2, 0.25) is 0 Å². The second-order valence-corrected chi connectivity index (χ2v) is 5.52. The fraction of sp³-hybridized carbons (Fsp3) is 0.929. The van der Waals surface area contributed by atoms with E-state index in [1.165, 1.54) is 0 Å². The maximum atomic E-state index is 11.8. The number of rotatable bonds is 11. The SMILES string of the molecule is CC(N)CCCC(C)C(=O)NCCOCCN(C)C. The van der Waals surface area contributed by atoms with Crippen LogP contribution < -0.4 is 11.1 Å². The van der Waals surface area contributed by atoms with Crippen molar-refractivity contribution in [3.05, 3.63) is 0 Å². The van der Waals surface area contributed by atoms with Gasteiger partial charge in [0.2, 0.25) is 5.91 Å². The van der Waals surface area contributed by atoms with Crippen LogP contribution in [-0.4, -0.2) is 57.2 Å². The average Bonchev–Trinajstić information content (AvgIpc) is 2.32. The van der Waals surface area contributed by atoms with Crippen molar-refractivity contribution >= 4 is 5.91 Å². The molecule has 2 atom stereocenters. The molecule has 0 aliphatic rings. The van der Waals surface area contributed by atoms with Gasteiger partial charge >= 0.3 is 0 Å². The van der Waals surface area contributed by atoms with Gasteiger partial charge in [0.15, 0.2) is 0 Å². The number of nitrogens with zero attached hydrogens (tertiary/aromatic N) is 1. The maximum Gasteiger partial charge on any atom is 0.222 e. The molecular weight excluding hydrogens is 242 g/mol. The second-order valence-electron chi connectivity index (χ2n) is 5.52. The largest absolute Gasteiger partial charge is 0.378 e. The summed E-state index contributed by atoms with van der Waals surface area (Å²) in [6.45, 7) is 6.73. The van der Waals surface area contributed by atoms with Gasteiger partial charge in [0.1, 0.15) is 0 Å². The first kappa shape index (κ1) is 18.4. The highest BCUT2D eigenvalue weighted by Crippen LogP contribution is 2.08. The van der Waals surface area contributed by atoms with Gasteiger partial charge in [0, 0.05) is 25.0 Å². The van der Waals surface area contributed by atoms with Crippen LogP contribution in [0.5, 0.6) is 0 Å². The lowest BCUT2D eigenvalue weighted by Gasteiger charge is -2.13. The number of nitrogens with one attached hydrogen (secondary N) is 1. The van der Waals surface area contributed by atoms with Crippen LogP contribution in [0.15, 0.2) is 0 Å². The molecule has 0 heterocycles. The van der Waals surface area contributed by atoms with E-state index in [2.05, 4.69) is 10.2 Å². The van der Waals surface area contributed by atoms with Gasteiger partial charge in [0.25, 0.3) is 0 Å². The predicted molar refractivity (Wildman–Crippen MR) is 79.0 cm³/mol. The van der Waals surface area contributed by atoms with E-state index in [4.69, 9.17) is 10.5 Å². The normalized spacial score (nSPS) is 14.4. The highest BCUT2D eigenvalue weighted by atomic mass is 16.5. The lowest BCUT2D eigenvalue weighted by Crippen LogP contribution is -2.32. The minimum Gasteiger partial charge on any atom is -0.378 e. The Kier molecular flexibility index (Phi) is 10.8. The second kappa shape index (κ2) is 11.2. The highest BCUT2D eigenvalue weighted by Gasteiger charge is 2.11. The Labute approximate surface area is 117 Å². The molecule has 0 rings (SSSR count). The van der Waals surface area contributed by atoms with Gasteiger partial charge in [-0.1, -0.05) is 13.3 Å². The molecule has 5 nitrogen and oxygen atoms in total. The molecular formula is C14H31N3O2. The third-order valence-electron chi connectivity index (χ3n) is 2.97. The average molecular weight is 273 g/mol. The van der Waals surface area contributed by atoms with Crippen LogP contribution >= 0.6 is 0 Å². The van der Waals surface area contributed by atoms with Crippen LogP contribution in [0.3, 0.4) is 0 Å². The van der Waals surface area contributed by atoms with Crippen molar-refractivity contribution in [2.45, 2.75) is 39.2 Å². The Balaban J connectivity index is 3.46. The summed E-state index contributed by atoms with van der Waals surface area (Å²) in [5.74, 6) is 0.168. The summed E-state index contributed by atoms with van der Waals surface area (Å²) < 4.78 is 5.41. The number of nitrogens with two attached hydrogens (primary N) is 1. The first-order valence-electron chi connectivity index (χ1n) is 7.19. The zero-order valence-electron chi connectivity index (χ0n) is 12.9. The van der Waals surface area contributed by atoms with E-state index in [9.17, 15) is 4.79 Å². The molecule has 0 saturated carbocycles. The zero-order chi connectivity index (χ0) is 14.7. The summed E-state index contributed by atoms with van der Waals surface area (Å²) in [4.78, 5) is 13.8. The van der Waals surface area contributed by atoms with E-state index in [0.29, 0.717) is 19.8 Å². The quantitative estimate of drug-likeness (QED) is 0.547. The standard InChI is InChI=1S/C14H31N3O2/c1-12(6-5-7-13(2)15)14(18)16-8-10-19-11-9-17(3)4/h12-13H,5-11,15H2,1-4H3,(H,16,18). The summed E-state index contributed by atoms with van der Waals surface area (Å²) in [6, 6.07) is 0.223. The molecule has 0 aromatic carbocycles. The van der Waals surface area contributed by atoms with Crippen LogP contribution in [0.1, 0.15) is 33.1 Å². The van der Waals surface area contributed by atoms with Gasteiger partial charge in [0.05, 0.1) is 13.2 Å². The van der Waals surface area contributed by atoms with Crippen molar-refractivity contribution in [1.29, 1.82) is 0 Å². The maximum absolute atomic E-state index is 11.8. The van der Waals surface area contributed by atoms with E-state index in [1.54, 1.807) is 0 Å². The van der Waals surface area contributed by atoms with Gasteiger partial charge < -0.3 is 20.7 Å². The fourth-order valence-electron chi connectivity index (χ4n) is 1.65. The number of carbonyl (C=O) groups is 1. The first-order valence-corrected chi connectivity index (χ1v) is 7.19. The molecule has 5 heteroatoms. The van der Waals surface area contributed by atoms with Gasteiger partial charge in [-0.15, -0.1) is 0 Å². The van der Waals surface area contributed by atoms with Crippen LogP contribution in [0.25, 0.3) is 0 Å². The molecule has 0 saturated heterocycles. The van der Waals surface area contributed by atoms with Crippen molar-refractivity contribution in [3.63, 3.8) is 0 Å².